The monoisotopic (exact) mass is 362 g/mol. The summed E-state index contributed by atoms with van der Waals surface area (Å²) in [6.07, 6.45) is 0. The summed E-state index contributed by atoms with van der Waals surface area (Å²) in [5.41, 5.74) is 0.966. The van der Waals surface area contributed by atoms with Gasteiger partial charge in [-0.25, -0.2) is 0 Å². The maximum Gasteiger partial charge on any atom is 0.289 e. The van der Waals surface area contributed by atoms with E-state index in [4.69, 9.17) is 9.47 Å². The lowest BCUT2D eigenvalue weighted by Gasteiger charge is -2.11. The van der Waals surface area contributed by atoms with Crippen molar-refractivity contribution in [2.45, 2.75) is 6.92 Å². The van der Waals surface area contributed by atoms with Crippen molar-refractivity contribution in [2.24, 2.45) is 0 Å². The molecule has 1 heterocycles. The number of nitrogens with zero attached hydrogens (tertiary/aromatic N) is 1. The van der Waals surface area contributed by atoms with E-state index < -0.39 is 10.8 Å². The van der Waals surface area contributed by atoms with Gasteiger partial charge in [-0.3, -0.25) is 14.9 Å². The first-order valence-corrected chi connectivity index (χ1v) is 8.16. The molecule has 0 saturated carbocycles. The molecule has 0 saturated heterocycles. The fourth-order valence-corrected chi connectivity index (χ4v) is 2.79. The minimum absolute atomic E-state index is 0.0637. The average molecular weight is 362 g/mol. The van der Waals surface area contributed by atoms with Gasteiger partial charge < -0.3 is 14.8 Å². The van der Waals surface area contributed by atoms with Gasteiger partial charge in [-0.2, -0.15) is 0 Å². The Bertz CT molecular complexity index is 1060. The van der Waals surface area contributed by atoms with Crippen molar-refractivity contribution in [1.29, 1.82) is 0 Å². The number of benzene rings is 3. The van der Waals surface area contributed by atoms with Gasteiger partial charge in [0.1, 0.15) is 11.5 Å². The fourth-order valence-electron chi connectivity index (χ4n) is 2.79. The molecule has 0 unspecified atom stereocenters. The fraction of sp³-hybridized carbons (Fsp3) is 0.0500. The standard InChI is InChI=1S/C20H14N2O5/c1-12-6-8-13(9-7-12)26-14-10-16(22(24)25)19-18(11-14)27-17-5-3-2-4-15(17)21-20(19)23/h2-11H,1H3,(H,21,23). The maximum atomic E-state index is 12.6. The molecule has 7 heteroatoms. The quantitative estimate of drug-likeness (QED) is 0.520. The van der Waals surface area contributed by atoms with Crippen molar-refractivity contribution in [1.82, 2.24) is 0 Å². The summed E-state index contributed by atoms with van der Waals surface area (Å²) in [6, 6.07) is 16.8. The highest BCUT2D eigenvalue weighted by molar-refractivity contribution is 6.10. The number of para-hydroxylation sites is 2. The molecule has 3 aromatic rings. The molecule has 1 amide bonds. The number of amides is 1. The molecule has 0 aliphatic carbocycles. The maximum absolute atomic E-state index is 12.6. The SMILES string of the molecule is Cc1ccc(Oc2cc3c(c([N+](=O)[O-])c2)C(=O)Nc2ccccc2O3)cc1. The van der Waals surface area contributed by atoms with Gasteiger partial charge in [-0.05, 0) is 31.2 Å². The van der Waals surface area contributed by atoms with Crippen LogP contribution in [0, 0.1) is 17.0 Å². The van der Waals surface area contributed by atoms with Gasteiger partial charge >= 0.3 is 0 Å². The van der Waals surface area contributed by atoms with Gasteiger partial charge in [-0.15, -0.1) is 0 Å². The zero-order valence-corrected chi connectivity index (χ0v) is 14.3. The van der Waals surface area contributed by atoms with Crippen molar-refractivity contribution in [2.75, 3.05) is 5.32 Å². The summed E-state index contributed by atoms with van der Waals surface area (Å²) < 4.78 is 11.5. The Morgan fingerprint density at radius 1 is 1.00 bits per heavy atom. The predicted octanol–water partition coefficient (Wildman–Crippen LogP) is 5.05. The number of hydrogen-bond acceptors (Lipinski definition) is 5. The Balaban J connectivity index is 1.82. The zero-order valence-electron chi connectivity index (χ0n) is 14.3. The Labute approximate surface area is 154 Å². The Morgan fingerprint density at radius 2 is 1.74 bits per heavy atom. The first-order chi connectivity index (χ1) is 13.0. The molecule has 4 rings (SSSR count). The number of fused-ring (bicyclic) bond motifs is 2. The number of nitro benzene ring substituents is 1. The van der Waals surface area contributed by atoms with Gasteiger partial charge in [-0.1, -0.05) is 29.8 Å². The van der Waals surface area contributed by atoms with Crippen molar-refractivity contribution < 1.29 is 19.2 Å². The molecule has 27 heavy (non-hydrogen) atoms. The summed E-state index contributed by atoms with van der Waals surface area (Å²) in [5.74, 6) is 0.577. The number of carbonyl (C=O) groups excluding carboxylic acids is 1. The number of anilines is 1. The molecular formula is C20H14N2O5. The Hall–Kier alpha value is -3.87. The van der Waals surface area contributed by atoms with Gasteiger partial charge in [0.25, 0.3) is 11.6 Å². The first-order valence-electron chi connectivity index (χ1n) is 8.16. The second kappa shape index (κ2) is 6.45. The first kappa shape index (κ1) is 16.6. The second-order valence-electron chi connectivity index (χ2n) is 6.04. The van der Waals surface area contributed by atoms with Crippen LogP contribution in [0.1, 0.15) is 15.9 Å². The van der Waals surface area contributed by atoms with Crippen LogP contribution in [0.4, 0.5) is 11.4 Å². The second-order valence-corrected chi connectivity index (χ2v) is 6.04. The van der Waals surface area contributed by atoms with Crippen LogP contribution in [-0.4, -0.2) is 10.8 Å². The van der Waals surface area contributed by atoms with E-state index >= 15 is 0 Å². The van der Waals surface area contributed by atoms with Crippen molar-refractivity contribution >= 4 is 17.3 Å². The highest BCUT2D eigenvalue weighted by Crippen LogP contribution is 2.42. The Morgan fingerprint density at radius 3 is 2.48 bits per heavy atom. The number of nitro groups is 1. The molecule has 1 N–H and O–H groups in total. The van der Waals surface area contributed by atoms with Gasteiger partial charge in [0.2, 0.25) is 0 Å². The highest BCUT2D eigenvalue weighted by atomic mass is 16.6. The molecule has 0 aromatic heterocycles. The van der Waals surface area contributed by atoms with Crippen LogP contribution < -0.4 is 14.8 Å². The van der Waals surface area contributed by atoms with E-state index in [-0.39, 0.29) is 22.7 Å². The van der Waals surface area contributed by atoms with Gasteiger partial charge in [0, 0.05) is 6.07 Å². The predicted molar refractivity (Wildman–Crippen MR) is 98.8 cm³/mol. The molecule has 7 nitrogen and oxygen atoms in total. The van der Waals surface area contributed by atoms with E-state index in [0.29, 0.717) is 17.2 Å². The molecule has 3 aromatic carbocycles. The molecule has 0 bridgehead atoms. The van der Waals surface area contributed by atoms with Crippen molar-refractivity contribution in [3.63, 3.8) is 0 Å². The number of rotatable bonds is 3. The molecule has 0 radical (unpaired) electrons. The summed E-state index contributed by atoms with van der Waals surface area (Å²) in [7, 11) is 0. The molecule has 1 aliphatic rings. The van der Waals surface area contributed by atoms with Crippen molar-refractivity contribution in [3.05, 3.63) is 81.9 Å². The van der Waals surface area contributed by atoms with E-state index in [1.165, 1.54) is 12.1 Å². The van der Waals surface area contributed by atoms with Crippen LogP contribution in [0.3, 0.4) is 0 Å². The van der Waals surface area contributed by atoms with E-state index in [1.807, 2.05) is 19.1 Å². The minimum Gasteiger partial charge on any atom is -0.457 e. The lowest BCUT2D eigenvalue weighted by atomic mass is 10.1. The lowest BCUT2D eigenvalue weighted by Crippen LogP contribution is -2.13. The van der Waals surface area contributed by atoms with Crippen LogP contribution in [0.15, 0.2) is 60.7 Å². The average Bonchev–Trinajstić information content (AvgIpc) is 2.78. The number of nitrogens with one attached hydrogen (secondary N) is 1. The summed E-state index contributed by atoms with van der Waals surface area (Å²) >= 11 is 0. The van der Waals surface area contributed by atoms with E-state index in [1.54, 1.807) is 36.4 Å². The molecular weight excluding hydrogens is 348 g/mol. The van der Waals surface area contributed by atoms with E-state index in [2.05, 4.69) is 5.32 Å². The topological polar surface area (TPSA) is 90.7 Å². The normalized spacial score (nSPS) is 12.1. The van der Waals surface area contributed by atoms with Crippen LogP contribution in [-0.2, 0) is 0 Å². The number of hydrogen-bond donors (Lipinski definition) is 1. The van der Waals surface area contributed by atoms with Gasteiger partial charge in [0.15, 0.2) is 17.1 Å². The largest absolute Gasteiger partial charge is 0.457 e. The molecule has 0 spiro atoms. The smallest absolute Gasteiger partial charge is 0.289 e. The van der Waals surface area contributed by atoms with Crippen LogP contribution >= 0.6 is 0 Å². The lowest BCUT2D eigenvalue weighted by molar-refractivity contribution is -0.385. The van der Waals surface area contributed by atoms with Gasteiger partial charge in [0.05, 0.1) is 16.7 Å². The van der Waals surface area contributed by atoms with E-state index in [0.717, 1.165) is 5.56 Å². The number of ether oxygens (including phenoxy) is 2. The summed E-state index contributed by atoms with van der Waals surface area (Å²) in [5, 5.41) is 14.2. The minimum atomic E-state index is -0.625. The molecule has 0 fully saturated rings. The third-order valence-corrected chi connectivity index (χ3v) is 4.09. The van der Waals surface area contributed by atoms with Crippen molar-refractivity contribution in [3.8, 4) is 23.0 Å². The highest BCUT2D eigenvalue weighted by Gasteiger charge is 2.31. The Kier molecular flexibility index (Phi) is 3.97. The number of carbonyl (C=O) groups is 1. The molecule has 1 aliphatic heterocycles. The van der Waals surface area contributed by atoms with Crippen LogP contribution in [0.5, 0.6) is 23.0 Å². The molecule has 134 valence electrons. The number of aryl methyl sites for hydroxylation is 1. The van der Waals surface area contributed by atoms with Crippen LogP contribution in [0.25, 0.3) is 0 Å². The molecule has 0 atom stereocenters. The van der Waals surface area contributed by atoms with E-state index in [9.17, 15) is 14.9 Å². The zero-order chi connectivity index (χ0) is 19.0. The summed E-state index contributed by atoms with van der Waals surface area (Å²) in [4.78, 5) is 23.5. The third kappa shape index (κ3) is 3.18. The summed E-state index contributed by atoms with van der Waals surface area (Å²) in [6.45, 7) is 1.95. The van der Waals surface area contributed by atoms with Crippen LogP contribution in [0.2, 0.25) is 0 Å². The third-order valence-electron chi connectivity index (χ3n) is 4.09.